The van der Waals surface area contributed by atoms with E-state index in [0.29, 0.717) is 42.4 Å². The standard InChI is InChI=1S/C35H40F2N6O6S/c36-34(37)16-8-2-5-11-25(38)32(45)43-20-23(49-31-29(21-9-3-1-4-10-21)39-26-12-6-7-13-27(26)40-31)17-28(43)30(44)41-35(19-22(35)18-34)33(46)42-50(47,48)24-14-15-24/h1,3-4,6-7,9-10,12-13,22-25,28H,2,5,8,11,14-20,38H2,(H,41,44)(H,42,46). The third-order valence-electron chi connectivity index (χ3n) is 10.2. The van der Waals surface area contributed by atoms with Crippen molar-refractivity contribution in [2.75, 3.05) is 6.54 Å². The largest absolute Gasteiger partial charge is 0.471 e. The Morgan fingerprint density at radius 3 is 2.38 bits per heavy atom. The van der Waals surface area contributed by atoms with Crippen LogP contribution in [0, 0.1) is 5.92 Å². The van der Waals surface area contributed by atoms with Gasteiger partial charge in [-0.2, -0.15) is 0 Å². The number of benzene rings is 2. The molecule has 4 aliphatic rings. The third-order valence-corrected chi connectivity index (χ3v) is 12.0. The number of sulfonamides is 1. The summed E-state index contributed by atoms with van der Waals surface area (Å²) in [7, 11) is -4.03. The van der Waals surface area contributed by atoms with Crippen molar-refractivity contribution < 1.29 is 36.3 Å². The summed E-state index contributed by atoms with van der Waals surface area (Å²) in [6.07, 6.45) is -0.00449. The predicted octanol–water partition coefficient (Wildman–Crippen LogP) is 3.45. The zero-order valence-electron chi connectivity index (χ0n) is 27.4. The smallest absolute Gasteiger partial charge is 0.259 e. The van der Waals surface area contributed by atoms with E-state index in [0.717, 1.165) is 5.56 Å². The number of carbonyl (C=O) groups is 3. The van der Waals surface area contributed by atoms with Gasteiger partial charge >= 0.3 is 0 Å². The van der Waals surface area contributed by atoms with Gasteiger partial charge in [-0.25, -0.2) is 27.2 Å². The molecule has 266 valence electrons. The minimum Gasteiger partial charge on any atom is -0.471 e. The summed E-state index contributed by atoms with van der Waals surface area (Å²) in [6.45, 7) is -0.0376. The van der Waals surface area contributed by atoms with Crippen LogP contribution in [-0.2, 0) is 24.4 Å². The molecule has 3 aromatic rings. The zero-order chi connectivity index (χ0) is 35.3. The topological polar surface area (TPSA) is 174 Å². The number of rotatable bonds is 6. The number of aromatic nitrogens is 2. The van der Waals surface area contributed by atoms with Gasteiger partial charge in [0.25, 0.3) is 5.91 Å². The molecule has 3 amide bonds. The molecule has 12 nitrogen and oxygen atoms in total. The number of nitrogens with zero attached hydrogens (tertiary/aromatic N) is 3. The number of alkyl halides is 2. The Morgan fingerprint density at radius 2 is 1.66 bits per heavy atom. The van der Waals surface area contributed by atoms with Crippen LogP contribution in [-0.4, -0.2) is 82.5 Å². The number of halogens is 2. The normalized spacial score (nSPS) is 28.8. The highest BCUT2D eigenvalue weighted by molar-refractivity contribution is 7.91. The van der Waals surface area contributed by atoms with E-state index in [1.165, 1.54) is 4.90 Å². The van der Waals surface area contributed by atoms with Gasteiger partial charge in [-0.15, -0.1) is 0 Å². The lowest BCUT2D eigenvalue weighted by Crippen LogP contribution is -2.58. The van der Waals surface area contributed by atoms with E-state index in [4.69, 9.17) is 20.4 Å². The van der Waals surface area contributed by atoms with E-state index < -0.39 is 81.4 Å². The summed E-state index contributed by atoms with van der Waals surface area (Å²) >= 11 is 0. The van der Waals surface area contributed by atoms with E-state index in [1.807, 2.05) is 53.3 Å². The molecule has 2 saturated carbocycles. The molecule has 7 rings (SSSR count). The Balaban J connectivity index is 1.20. The van der Waals surface area contributed by atoms with Crippen LogP contribution in [0.2, 0.25) is 0 Å². The van der Waals surface area contributed by atoms with Crippen molar-refractivity contribution in [1.82, 2.24) is 24.9 Å². The Kier molecular flexibility index (Phi) is 8.99. The van der Waals surface area contributed by atoms with Crippen LogP contribution in [0.3, 0.4) is 0 Å². The number of carbonyl (C=O) groups excluding carboxylic acids is 3. The van der Waals surface area contributed by atoms with Crippen LogP contribution in [0.5, 0.6) is 5.88 Å². The lowest BCUT2D eigenvalue weighted by atomic mass is 10.0. The quantitative estimate of drug-likeness (QED) is 0.346. The molecular formula is C35H40F2N6O6S. The second-order valence-electron chi connectivity index (χ2n) is 14.0. The average Bonchev–Trinajstić information content (AvgIpc) is 4.01. The highest BCUT2D eigenvalue weighted by atomic mass is 32.2. The summed E-state index contributed by atoms with van der Waals surface area (Å²) in [5.41, 5.74) is 6.89. The first-order chi connectivity index (χ1) is 23.8. The molecule has 4 fully saturated rings. The van der Waals surface area contributed by atoms with Gasteiger partial charge in [0.2, 0.25) is 33.6 Å². The highest BCUT2D eigenvalue weighted by Crippen LogP contribution is 2.51. The van der Waals surface area contributed by atoms with Crippen LogP contribution in [0.25, 0.3) is 22.3 Å². The van der Waals surface area contributed by atoms with Crippen molar-refractivity contribution >= 4 is 38.8 Å². The molecule has 2 saturated heterocycles. The summed E-state index contributed by atoms with van der Waals surface area (Å²) in [4.78, 5) is 52.3. The molecule has 2 aliphatic carbocycles. The van der Waals surface area contributed by atoms with Crippen molar-refractivity contribution in [1.29, 1.82) is 0 Å². The number of nitrogens with two attached hydrogens (primary N) is 1. The van der Waals surface area contributed by atoms with E-state index >= 15 is 8.78 Å². The number of ether oxygens (including phenoxy) is 1. The molecule has 2 aliphatic heterocycles. The van der Waals surface area contributed by atoms with Gasteiger partial charge in [-0.3, -0.25) is 19.1 Å². The maximum absolute atomic E-state index is 15.1. The van der Waals surface area contributed by atoms with Gasteiger partial charge in [0.1, 0.15) is 23.4 Å². The lowest BCUT2D eigenvalue weighted by molar-refractivity contribution is -0.140. The average molecular weight is 711 g/mol. The molecule has 0 radical (unpaired) electrons. The molecule has 50 heavy (non-hydrogen) atoms. The second kappa shape index (κ2) is 13.1. The fourth-order valence-electron chi connectivity index (χ4n) is 7.16. The molecule has 5 atom stereocenters. The maximum atomic E-state index is 15.1. The van der Waals surface area contributed by atoms with Crippen molar-refractivity contribution in [2.24, 2.45) is 11.7 Å². The number of amides is 3. The summed E-state index contributed by atoms with van der Waals surface area (Å²) in [5, 5.41) is 1.91. The fourth-order valence-corrected chi connectivity index (χ4v) is 8.52. The number of hydrogen-bond acceptors (Lipinski definition) is 9. The first-order valence-corrected chi connectivity index (χ1v) is 18.7. The van der Waals surface area contributed by atoms with Crippen molar-refractivity contribution in [3.05, 3.63) is 54.6 Å². The Labute approximate surface area is 288 Å². The van der Waals surface area contributed by atoms with Crippen molar-refractivity contribution in [3.63, 3.8) is 0 Å². The predicted molar refractivity (Wildman–Crippen MR) is 179 cm³/mol. The zero-order valence-corrected chi connectivity index (χ0v) is 28.2. The molecule has 1 aromatic heterocycles. The highest BCUT2D eigenvalue weighted by Gasteiger charge is 2.65. The Bertz CT molecular complexity index is 1910. The summed E-state index contributed by atoms with van der Waals surface area (Å²) < 4.78 is 64.2. The second-order valence-corrected chi connectivity index (χ2v) is 16.0. The molecule has 0 spiro atoms. The molecule has 15 heteroatoms. The molecule has 3 heterocycles. The molecule has 0 bridgehead atoms. The Morgan fingerprint density at radius 1 is 0.960 bits per heavy atom. The lowest BCUT2D eigenvalue weighted by Gasteiger charge is -2.28. The summed E-state index contributed by atoms with van der Waals surface area (Å²) in [5.74, 6) is -6.26. The van der Waals surface area contributed by atoms with Gasteiger partial charge in [-0.05, 0) is 50.2 Å². The maximum Gasteiger partial charge on any atom is 0.259 e. The molecule has 5 unspecified atom stereocenters. The van der Waals surface area contributed by atoms with E-state index in [1.54, 1.807) is 6.07 Å². The van der Waals surface area contributed by atoms with E-state index in [-0.39, 0.29) is 38.1 Å². The van der Waals surface area contributed by atoms with Gasteiger partial charge in [-0.1, -0.05) is 55.3 Å². The number of para-hydroxylation sites is 2. The van der Waals surface area contributed by atoms with Crippen LogP contribution >= 0.6 is 0 Å². The number of hydrogen-bond donors (Lipinski definition) is 3. The molecule has 2 aromatic carbocycles. The number of fused-ring (bicyclic) bond motifs is 3. The first kappa shape index (κ1) is 34.2. The molecular weight excluding hydrogens is 670 g/mol. The van der Waals surface area contributed by atoms with E-state index in [9.17, 15) is 22.8 Å². The Hall–Kier alpha value is -4.24. The van der Waals surface area contributed by atoms with Gasteiger partial charge in [0.05, 0.1) is 28.9 Å². The van der Waals surface area contributed by atoms with Crippen LogP contribution in [0.1, 0.15) is 64.2 Å². The van der Waals surface area contributed by atoms with Crippen LogP contribution in [0.15, 0.2) is 54.6 Å². The van der Waals surface area contributed by atoms with Gasteiger partial charge in [0, 0.05) is 24.8 Å². The van der Waals surface area contributed by atoms with E-state index in [2.05, 4.69) is 5.32 Å². The minimum absolute atomic E-state index is 0.0219. The van der Waals surface area contributed by atoms with Gasteiger partial charge < -0.3 is 20.7 Å². The summed E-state index contributed by atoms with van der Waals surface area (Å²) in [6, 6.07) is 14.4. The molecule has 4 N–H and O–H groups in total. The van der Waals surface area contributed by atoms with Gasteiger partial charge in [0.15, 0.2) is 0 Å². The SMILES string of the molecule is NC1CCCCCC(F)(F)CC2CC2(C(=O)NS(=O)(=O)C2CC2)NC(=O)C2CC(Oc3nc4ccccc4nc3-c3ccccc3)CN2C1=O. The first-order valence-electron chi connectivity index (χ1n) is 17.2. The van der Waals surface area contributed by atoms with Crippen molar-refractivity contribution in [3.8, 4) is 17.1 Å². The fraction of sp³-hybridized carbons (Fsp3) is 0.514. The van der Waals surface area contributed by atoms with Crippen LogP contribution < -0.4 is 20.5 Å². The monoisotopic (exact) mass is 710 g/mol. The number of nitrogens with one attached hydrogen (secondary N) is 2. The van der Waals surface area contributed by atoms with Crippen molar-refractivity contribution in [2.45, 2.75) is 99.1 Å². The third kappa shape index (κ3) is 7.02. The van der Waals surface area contributed by atoms with Crippen LogP contribution in [0.4, 0.5) is 8.78 Å². The minimum atomic E-state index is -4.03.